The van der Waals surface area contributed by atoms with E-state index < -0.39 is 0 Å². The van der Waals surface area contributed by atoms with Crippen LogP contribution in [0.3, 0.4) is 0 Å². The number of fused-ring (bicyclic) bond motifs is 1. The largest absolute Gasteiger partial charge is 0.497 e. The molecule has 6 nitrogen and oxygen atoms in total. The number of H-pyrrole nitrogens is 1. The second kappa shape index (κ2) is 10.1. The zero-order valence-corrected chi connectivity index (χ0v) is 18.4. The van der Waals surface area contributed by atoms with Gasteiger partial charge < -0.3 is 25.1 Å². The van der Waals surface area contributed by atoms with Crippen molar-refractivity contribution in [1.29, 1.82) is 0 Å². The second-order valence-electron chi connectivity index (χ2n) is 6.03. The fraction of sp³-hybridized carbons (Fsp3) is 0.500. The summed E-state index contributed by atoms with van der Waals surface area (Å²) in [6, 6.07) is 6.04. The van der Waals surface area contributed by atoms with E-state index in [1.807, 2.05) is 23.9 Å². The molecule has 0 saturated carbocycles. The maximum absolute atomic E-state index is 6.09. The van der Waals surface area contributed by atoms with Crippen LogP contribution in [0.25, 0.3) is 10.9 Å². The van der Waals surface area contributed by atoms with Crippen LogP contribution in [0.1, 0.15) is 12.1 Å². The lowest BCUT2D eigenvalue weighted by molar-refractivity contribution is 0.398. The zero-order chi connectivity index (χ0) is 17.6. The number of aromatic amines is 1. The van der Waals surface area contributed by atoms with Gasteiger partial charge in [-0.3, -0.25) is 4.99 Å². The van der Waals surface area contributed by atoms with Gasteiger partial charge in [0.15, 0.2) is 5.96 Å². The highest BCUT2D eigenvalue weighted by atomic mass is 127. The first kappa shape index (κ1) is 21.0. The molecule has 1 aliphatic heterocycles. The van der Waals surface area contributed by atoms with Crippen LogP contribution in [0.15, 0.2) is 23.2 Å². The molecule has 144 valence electrons. The quantitative estimate of drug-likeness (QED) is 0.282. The van der Waals surface area contributed by atoms with E-state index in [0.717, 1.165) is 66.4 Å². The van der Waals surface area contributed by atoms with Crippen molar-refractivity contribution in [2.45, 2.75) is 12.8 Å². The molecule has 8 heteroatoms. The van der Waals surface area contributed by atoms with Crippen molar-refractivity contribution in [2.24, 2.45) is 10.7 Å². The molecule has 1 saturated heterocycles. The monoisotopic (exact) mass is 490 g/mol. The smallest absolute Gasteiger partial charge is 0.191 e. The van der Waals surface area contributed by atoms with Crippen LogP contribution in [0, 0.1) is 0 Å². The highest BCUT2D eigenvalue weighted by molar-refractivity contribution is 14.0. The number of ether oxygens (including phenoxy) is 2. The molecule has 1 aromatic heterocycles. The van der Waals surface area contributed by atoms with Crippen molar-refractivity contribution in [3.8, 4) is 11.5 Å². The lowest BCUT2D eigenvalue weighted by Crippen LogP contribution is -2.42. The van der Waals surface area contributed by atoms with Gasteiger partial charge in [0.05, 0.1) is 19.7 Å². The minimum Gasteiger partial charge on any atom is -0.497 e. The Morgan fingerprint density at radius 1 is 1.23 bits per heavy atom. The number of thioether (sulfide) groups is 1. The van der Waals surface area contributed by atoms with E-state index in [1.54, 1.807) is 14.2 Å². The molecule has 2 aromatic rings. The summed E-state index contributed by atoms with van der Waals surface area (Å²) in [7, 11) is 3.34. The van der Waals surface area contributed by atoms with Crippen LogP contribution < -0.4 is 15.2 Å². The number of hydrogen-bond acceptors (Lipinski definition) is 4. The highest BCUT2D eigenvalue weighted by Crippen LogP contribution is 2.31. The average molecular weight is 490 g/mol. The number of rotatable bonds is 6. The van der Waals surface area contributed by atoms with Gasteiger partial charge in [-0.2, -0.15) is 11.8 Å². The normalized spacial score (nSPS) is 15.0. The predicted molar refractivity (Wildman–Crippen MR) is 121 cm³/mol. The van der Waals surface area contributed by atoms with E-state index in [4.69, 9.17) is 15.2 Å². The third-order valence-electron chi connectivity index (χ3n) is 4.40. The molecule has 0 spiro atoms. The Balaban J connectivity index is 0.00000243. The number of aryl methyl sites for hydroxylation is 1. The molecule has 3 rings (SSSR count). The Bertz CT molecular complexity index is 744. The van der Waals surface area contributed by atoms with Crippen molar-refractivity contribution in [1.82, 2.24) is 9.88 Å². The molecule has 1 fully saturated rings. The molecule has 0 unspecified atom stereocenters. The number of benzene rings is 1. The molecule has 0 amide bonds. The number of nitrogens with one attached hydrogen (secondary N) is 1. The number of hydrogen-bond donors (Lipinski definition) is 2. The van der Waals surface area contributed by atoms with E-state index in [1.165, 1.54) is 5.69 Å². The van der Waals surface area contributed by atoms with Crippen LogP contribution in [0.4, 0.5) is 0 Å². The number of nitrogens with two attached hydrogens (primary N) is 1. The predicted octanol–water partition coefficient (Wildman–Crippen LogP) is 3.10. The van der Waals surface area contributed by atoms with E-state index >= 15 is 0 Å². The highest BCUT2D eigenvalue weighted by Gasteiger charge is 2.12. The number of methoxy groups -OCH3 is 2. The maximum atomic E-state index is 6.09. The summed E-state index contributed by atoms with van der Waals surface area (Å²) >= 11 is 1.97. The number of nitrogens with zero attached hydrogens (tertiary/aromatic N) is 2. The SMILES string of the molecule is COc1cc(OC)c2cc(CCCN=C(N)N3CCSCC3)[nH]c2c1.I. The molecule has 3 N–H and O–H groups in total. The fourth-order valence-corrected chi connectivity index (χ4v) is 3.92. The lowest BCUT2D eigenvalue weighted by Gasteiger charge is -2.27. The third kappa shape index (κ3) is 5.12. The van der Waals surface area contributed by atoms with Gasteiger partial charge in [-0.15, -0.1) is 24.0 Å². The number of guanidine groups is 1. The summed E-state index contributed by atoms with van der Waals surface area (Å²) in [5.41, 5.74) is 8.29. The van der Waals surface area contributed by atoms with Crippen molar-refractivity contribution in [2.75, 3.05) is 45.4 Å². The van der Waals surface area contributed by atoms with Crippen molar-refractivity contribution >= 4 is 52.6 Å². The molecule has 0 radical (unpaired) electrons. The van der Waals surface area contributed by atoms with Crippen molar-refractivity contribution < 1.29 is 9.47 Å². The molecule has 0 atom stereocenters. The van der Waals surface area contributed by atoms with E-state index in [2.05, 4.69) is 20.9 Å². The van der Waals surface area contributed by atoms with Crippen LogP contribution >= 0.6 is 35.7 Å². The van der Waals surface area contributed by atoms with E-state index in [-0.39, 0.29) is 24.0 Å². The standard InChI is InChI=1S/C18H26N4O2S.HI/c1-23-14-11-16-15(17(12-14)24-2)10-13(21-16)4-3-5-20-18(19)22-6-8-25-9-7-22;/h10-12,21H,3-9H2,1-2H3,(H2,19,20);1H. The summed E-state index contributed by atoms with van der Waals surface area (Å²) in [5.74, 6) is 4.56. The summed E-state index contributed by atoms with van der Waals surface area (Å²) in [4.78, 5) is 10.2. The van der Waals surface area contributed by atoms with Gasteiger partial charge in [0.1, 0.15) is 11.5 Å². The van der Waals surface area contributed by atoms with E-state index in [0.29, 0.717) is 5.96 Å². The summed E-state index contributed by atoms with van der Waals surface area (Å²) in [6.45, 7) is 2.75. The topological polar surface area (TPSA) is 75.9 Å². The van der Waals surface area contributed by atoms with Crippen molar-refractivity contribution in [3.05, 3.63) is 23.9 Å². The Kier molecular flexibility index (Phi) is 8.20. The number of aliphatic imine (C=N–C) groups is 1. The average Bonchev–Trinajstić information content (AvgIpc) is 3.07. The fourth-order valence-electron chi connectivity index (χ4n) is 3.01. The number of aromatic nitrogens is 1. The molecule has 0 bridgehead atoms. The molecule has 1 aliphatic rings. The lowest BCUT2D eigenvalue weighted by atomic mass is 10.2. The molecular weight excluding hydrogens is 463 g/mol. The zero-order valence-electron chi connectivity index (χ0n) is 15.3. The Morgan fingerprint density at radius 3 is 2.69 bits per heavy atom. The second-order valence-corrected chi connectivity index (χ2v) is 7.25. The first-order chi connectivity index (χ1) is 12.2. The van der Waals surface area contributed by atoms with Gasteiger partial charge in [0.25, 0.3) is 0 Å². The first-order valence-electron chi connectivity index (χ1n) is 8.57. The number of halogens is 1. The Hall–Kier alpha value is -1.29. The molecule has 1 aromatic carbocycles. The van der Waals surface area contributed by atoms with Crippen LogP contribution in [-0.2, 0) is 6.42 Å². The van der Waals surface area contributed by atoms with Gasteiger partial charge in [-0.25, -0.2) is 0 Å². The Labute approximate surface area is 175 Å². The summed E-state index contributed by atoms with van der Waals surface area (Å²) < 4.78 is 10.8. The van der Waals surface area contributed by atoms with Crippen LogP contribution in [0.2, 0.25) is 0 Å². The van der Waals surface area contributed by atoms with Gasteiger partial charge in [0, 0.05) is 54.4 Å². The molecule has 2 heterocycles. The van der Waals surface area contributed by atoms with Gasteiger partial charge >= 0.3 is 0 Å². The molecule has 26 heavy (non-hydrogen) atoms. The van der Waals surface area contributed by atoms with Crippen molar-refractivity contribution in [3.63, 3.8) is 0 Å². The minimum atomic E-state index is 0. The van der Waals surface area contributed by atoms with Crippen LogP contribution in [-0.4, -0.2) is 61.2 Å². The van der Waals surface area contributed by atoms with Gasteiger partial charge in [0.2, 0.25) is 0 Å². The van der Waals surface area contributed by atoms with Gasteiger partial charge in [-0.05, 0) is 18.9 Å². The first-order valence-corrected chi connectivity index (χ1v) is 9.73. The maximum Gasteiger partial charge on any atom is 0.191 e. The van der Waals surface area contributed by atoms with Crippen LogP contribution in [0.5, 0.6) is 11.5 Å². The molecular formula is C18H27IN4O2S. The van der Waals surface area contributed by atoms with E-state index in [9.17, 15) is 0 Å². The summed E-state index contributed by atoms with van der Waals surface area (Å²) in [5, 5.41) is 1.08. The third-order valence-corrected chi connectivity index (χ3v) is 5.34. The van der Waals surface area contributed by atoms with Gasteiger partial charge in [-0.1, -0.05) is 0 Å². The molecule has 0 aliphatic carbocycles. The minimum absolute atomic E-state index is 0. The Morgan fingerprint density at radius 2 is 2.00 bits per heavy atom. The summed E-state index contributed by atoms with van der Waals surface area (Å²) in [6.07, 6.45) is 1.88.